The molecule has 2 amide bonds. The first-order valence-corrected chi connectivity index (χ1v) is 13.9. The van der Waals surface area contributed by atoms with Crippen LogP contribution in [-0.2, 0) is 20.5 Å². The average Bonchev–Trinajstić information content (AvgIpc) is 3.66. The molecule has 4 unspecified atom stereocenters. The molecule has 7 rings (SSSR count). The van der Waals surface area contributed by atoms with Crippen LogP contribution in [0.5, 0.6) is 5.75 Å². The number of amides is 2. The number of aryl methyl sites for hydroxylation is 1. The first-order chi connectivity index (χ1) is 19.4. The Balaban J connectivity index is 1.57. The fraction of sp³-hybridized carbons (Fsp3) is 0.281. The summed E-state index contributed by atoms with van der Waals surface area (Å²) in [5.74, 6) is -1.32. The van der Waals surface area contributed by atoms with Crippen molar-refractivity contribution in [2.45, 2.75) is 36.8 Å². The number of carbonyl (C=O) groups excluding carboxylic acids is 3. The summed E-state index contributed by atoms with van der Waals surface area (Å²) in [5.41, 5.74) is 0.752. The minimum atomic E-state index is -1.54. The molecule has 0 aromatic heterocycles. The van der Waals surface area contributed by atoms with E-state index in [4.69, 9.17) is 16.3 Å². The zero-order valence-electron chi connectivity index (χ0n) is 22.0. The molecule has 2 spiro atoms. The van der Waals surface area contributed by atoms with E-state index in [1.54, 1.807) is 36.4 Å². The number of Topliss-reactive ketones (excluding diaryl/α,β-unsaturated/α-hetero) is 1. The van der Waals surface area contributed by atoms with Crippen LogP contribution < -0.4 is 15.4 Å². The first-order valence-electron chi connectivity index (χ1n) is 13.5. The van der Waals surface area contributed by atoms with Crippen LogP contribution in [0.15, 0.2) is 73.3 Å². The van der Waals surface area contributed by atoms with Gasteiger partial charge in [0.15, 0.2) is 5.78 Å². The van der Waals surface area contributed by atoms with E-state index in [2.05, 4.69) is 22.1 Å². The number of ether oxygens (including phenoxy) is 1. The molecule has 0 saturated carbocycles. The van der Waals surface area contributed by atoms with Gasteiger partial charge in [-0.3, -0.25) is 19.3 Å². The molecule has 3 aromatic carbocycles. The zero-order valence-corrected chi connectivity index (χ0v) is 22.8. The maximum absolute atomic E-state index is 14.9. The lowest BCUT2D eigenvalue weighted by atomic mass is 9.57. The number of para-hydroxylation sites is 2. The molecule has 2 N–H and O–H groups in total. The normalized spacial score (nSPS) is 27.9. The highest BCUT2D eigenvalue weighted by Crippen LogP contribution is 2.68. The molecule has 0 bridgehead atoms. The number of ketones is 1. The number of anilines is 2. The molecule has 3 aromatic rings. The molecule has 4 aliphatic heterocycles. The van der Waals surface area contributed by atoms with Crippen LogP contribution in [0.3, 0.4) is 0 Å². The number of nitrogens with one attached hydrogen (secondary N) is 2. The number of hydrogen-bond acceptors (Lipinski definition) is 5. The number of benzene rings is 3. The number of halogens is 1. The predicted molar refractivity (Wildman–Crippen MR) is 153 cm³/mol. The highest BCUT2D eigenvalue weighted by molar-refractivity contribution is 6.31. The Morgan fingerprint density at radius 3 is 2.70 bits per heavy atom. The Labute approximate surface area is 237 Å². The quantitative estimate of drug-likeness (QED) is 0.334. The number of fused-ring (bicyclic) bond motifs is 7. The highest BCUT2D eigenvalue weighted by Gasteiger charge is 2.81. The standard InChI is InChI=1S/C32H28ClN3O4/c1-3-15-40-25-13-7-4-9-20(25)28(37)26-24-12-8-14-36(24)32(22-17-19(33)16-18(2)27(22)35-30(32)39)31(26)21-10-5-6-11-23(21)34-29(31)38/h3-7,9-11,13,16-17,24,26H,1,8,12,14-15H2,2H3,(H,34,38)(H,35,39). The summed E-state index contributed by atoms with van der Waals surface area (Å²) in [6.45, 7) is 6.43. The molecule has 2 saturated heterocycles. The van der Waals surface area contributed by atoms with Crippen molar-refractivity contribution in [3.05, 3.63) is 101 Å². The topological polar surface area (TPSA) is 87.7 Å². The molecule has 0 radical (unpaired) electrons. The van der Waals surface area contributed by atoms with Crippen molar-refractivity contribution >= 4 is 40.6 Å². The molecule has 7 nitrogen and oxygen atoms in total. The minimum Gasteiger partial charge on any atom is -0.489 e. The number of carbonyl (C=O) groups is 3. The third-order valence-corrected chi connectivity index (χ3v) is 9.38. The first kappa shape index (κ1) is 25.1. The highest BCUT2D eigenvalue weighted by atomic mass is 35.5. The van der Waals surface area contributed by atoms with Crippen LogP contribution in [0.25, 0.3) is 0 Å². The predicted octanol–water partition coefficient (Wildman–Crippen LogP) is 5.23. The van der Waals surface area contributed by atoms with E-state index in [0.717, 1.165) is 12.0 Å². The van der Waals surface area contributed by atoms with Gasteiger partial charge in [0.05, 0.1) is 11.5 Å². The van der Waals surface area contributed by atoms with E-state index in [9.17, 15) is 14.4 Å². The number of nitrogens with zero attached hydrogens (tertiary/aromatic N) is 1. The van der Waals surface area contributed by atoms with Crippen molar-refractivity contribution < 1.29 is 19.1 Å². The summed E-state index contributed by atoms with van der Waals surface area (Å²) < 4.78 is 5.90. The van der Waals surface area contributed by atoms with E-state index < -0.39 is 16.9 Å². The minimum absolute atomic E-state index is 0.222. The Bertz CT molecular complexity index is 1640. The van der Waals surface area contributed by atoms with Crippen molar-refractivity contribution in [2.75, 3.05) is 23.8 Å². The Morgan fingerprint density at radius 1 is 1.10 bits per heavy atom. The second-order valence-electron chi connectivity index (χ2n) is 11.0. The van der Waals surface area contributed by atoms with Gasteiger partial charge in [-0.25, -0.2) is 0 Å². The van der Waals surface area contributed by atoms with Crippen LogP contribution in [0.1, 0.15) is 39.9 Å². The lowest BCUT2D eigenvalue weighted by Crippen LogP contribution is -2.62. The van der Waals surface area contributed by atoms with Gasteiger partial charge in [-0.2, -0.15) is 0 Å². The van der Waals surface area contributed by atoms with Gasteiger partial charge in [0.1, 0.15) is 23.3 Å². The second kappa shape index (κ2) is 8.78. The Morgan fingerprint density at radius 2 is 1.88 bits per heavy atom. The van der Waals surface area contributed by atoms with E-state index in [0.29, 0.717) is 51.8 Å². The monoisotopic (exact) mass is 553 g/mol. The van der Waals surface area contributed by atoms with Gasteiger partial charge in [0.25, 0.3) is 5.91 Å². The summed E-state index contributed by atoms with van der Waals surface area (Å²) >= 11 is 6.63. The van der Waals surface area contributed by atoms with Gasteiger partial charge in [-0.05, 0) is 67.8 Å². The lowest BCUT2D eigenvalue weighted by molar-refractivity contribution is -0.137. The third kappa shape index (κ3) is 2.91. The smallest absolute Gasteiger partial charge is 0.251 e. The average molecular weight is 554 g/mol. The molecule has 0 aliphatic carbocycles. The third-order valence-electron chi connectivity index (χ3n) is 9.16. The molecule has 2 fully saturated rings. The number of hydrogen-bond donors (Lipinski definition) is 2. The molecule has 4 atom stereocenters. The molecule has 4 heterocycles. The maximum Gasteiger partial charge on any atom is 0.251 e. The molecule has 40 heavy (non-hydrogen) atoms. The summed E-state index contributed by atoms with van der Waals surface area (Å²) in [6.07, 6.45) is 3.10. The van der Waals surface area contributed by atoms with Crippen molar-refractivity contribution in [3.63, 3.8) is 0 Å². The van der Waals surface area contributed by atoms with Gasteiger partial charge < -0.3 is 15.4 Å². The summed E-state index contributed by atoms with van der Waals surface area (Å²) in [5, 5.41) is 6.65. The van der Waals surface area contributed by atoms with E-state index >= 15 is 0 Å². The second-order valence-corrected chi connectivity index (χ2v) is 11.4. The number of rotatable bonds is 5. The summed E-state index contributed by atoms with van der Waals surface area (Å²) in [7, 11) is 0. The molecular weight excluding hydrogens is 526 g/mol. The molecular formula is C32H28ClN3O4. The van der Waals surface area contributed by atoms with Gasteiger partial charge in [0, 0.05) is 28.0 Å². The molecule has 4 aliphatic rings. The lowest BCUT2D eigenvalue weighted by Gasteiger charge is -2.43. The summed E-state index contributed by atoms with van der Waals surface area (Å²) in [6, 6.07) is 17.8. The van der Waals surface area contributed by atoms with Crippen molar-refractivity contribution in [3.8, 4) is 5.75 Å². The Hall–Kier alpha value is -3.94. The van der Waals surface area contributed by atoms with Crippen molar-refractivity contribution in [2.24, 2.45) is 5.92 Å². The van der Waals surface area contributed by atoms with E-state index in [-0.39, 0.29) is 30.2 Å². The zero-order chi connectivity index (χ0) is 27.8. The van der Waals surface area contributed by atoms with Crippen LogP contribution in [0, 0.1) is 12.8 Å². The van der Waals surface area contributed by atoms with E-state index in [1.165, 1.54) is 0 Å². The summed E-state index contributed by atoms with van der Waals surface area (Å²) in [4.78, 5) is 46.2. The Kier molecular flexibility index (Phi) is 5.50. The fourth-order valence-corrected chi connectivity index (χ4v) is 8.20. The van der Waals surface area contributed by atoms with Gasteiger partial charge in [-0.15, -0.1) is 0 Å². The largest absolute Gasteiger partial charge is 0.489 e. The van der Waals surface area contributed by atoms with Gasteiger partial charge in [0.2, 0.25) is 5.91 Å². The van der Waals surface area contributed by atoms with Crippen LogP contribution in [0.4, 0.5) is 11.4 Å². The van der Waals surface area contributed by atoms with Crippen LogP contribution >= 0.6 is 11.6 Å². The molecule has 8 heteroatoms. The van der Waals surface area contributed by atoms with Gasteiger partial charge in [-0.1, -0.05) is 54.6 Å². The van der Waals surface area contributed by atoms with Gasteiger partial charge >= 0.3 is 0 Å². The molecule has 202 valence electrons. The van der Waals surface area contributed by atoms with Crippen molar-refractivity contribution in [1.82, 2.24) is 4.90 Å². The van der Waals surface area contributed by atoms with Crippen molar-refractivity contribution in [1.29, 1.82) is 0 Å². The fourth-order valence-electron chi connectivity index (χ4n) is 7.92. The van der Waals surface area contributed by atoms with E-state index in [1.807, 2.05) is 37.3 Å². The van der Waals surface area contributed by atoms with Crippen LogP contribution in [-0.4, -0.2) is 41.7 Å². The SMILES string of the molecule is C=CCOc1ccccc1C(=O)C1C2CCCN2C2(C(=O)Nc3c(C)cc(Cl)cc32)C12C(=O)Nc1ccccc12. The van der Waals surface area contributed by atoms with Crippen LogP contribution in [0.2, 0.25) is 5.02 Å². The maximum atomic E-state index is 14.9.